The monoisotopic (exact) mass is 278 g/mol. The first-order valence-electron chi connectivity index (χ1n) is 7.35. The number of methoxy groups -OCH3 is 2. The Bertz CT molecular complexity index is 430. The lowest BCUT2D eigenvalue weighted by atomic mass is 9.93. The van der Waals surface area contributed by atoms with Gasteiger partial charge in [0.1, 0.15) is 0 Å². The van der Waals surface area contributed by atoms with E-state index in [0.29, 0.717) is 5.92 Å². The summed E-state index contributed by atoms with van der Waals surface area (Å²) in [6.45, 7) is 5.52. The fourth-order valence-corrected chi connectivity index (χ4v) is 2.80. The minimum Gasteiger partial charge on any atom is -0.493 e. The number of hydrogen-bond acceptors (Lipinski definition) is 4. The molecule has 2 rings (SSSR count). The molecule has 1 saturated heterocycles. The van der Waals surface area contributed by atoms with Gasteiger partial charge in [-0.1, -0.05) is 13.0 Å². The largest absolute Gasteiger partial charge is 0.493 e. The summed E-state index contributed by atoms with van der Waals surface area (Å²) in [5, 5.41) is 0. The van der Waals surface area contributed by atoms with E-state index < -0.39 is 0 Å². The Morgan fingerprint density at radius 2 is 1.80 bits per heavy atom. The Morgan fingerprint density at radius 3 is 2.40 bits per heavy atom. The zero-order valence-corrected chi connectivity index (χ0v) is 12.8. The molecular formula is C16H26N2O2. The molecule has 1 aliphatic rings. The van der Waals surface area contributed by atoms with Crippen molar-refractivity contribution in [2.75, 3.05) is 33.9 Å². The van der Waals surface area contributed by atoms with Crippen LogP contribution in [0.4, 0.5) is 0 Å². The summed E-state index contributed by atoms with van der Waals surface area (Å²) in [6.07, 6.45) is 2.61. The van der Waals surface area contributed by atoms with E-state index in [1.165, 1.54) is 31.5 Å². The average Bonchev–Trinajstić information content (AvgIpc) is 2.98. The van der Waals surface area contributed by atoms with Crippen LogP contribution in [-0.2, 0) is 0 Å². The van der Waals surface area contributed by atoms with Crippen LogP contribution in [-0.4, -0.2) is 44.8 Å². The van der Waals surface area contributed by atoms with E-state index >= 15 is 0 Å². The van der Waals surface area contributed by atoms with Gasteiger partial charge in [-0.05, 0) is 49.5 Å². The predicted octanol–water partition coefficient (Wildman–Crippen LogP) is 2.23. The van der Waals surface area contributed by atoms with E-state index in [4.69, 9.17) is 15.2 Å². The van der Waals surface area contributed by atoms with Crippen LogP contribution in [0.3, 0.4) is 0 Å². The second-order valence-electron chi connectivity index (χ2n) is 5.57. The lowest BCUT2D eigenvalue weighted by Crippen LogP contribution is -2.39. The van der Waals surface area contributed by atoms with E-state index in [1.807, 2.05) is 12.1 Å². The van der Waals surface area contributed by atoms with Crippen molar-refractivity contribution in [1.82, 2.24) is 4.90 Å². The number of hydrogen-bond donors (Lipinski definition) is 1. The third kappa shape index (κ3) is 3.44. The molecule has 0 amide bonds. The first-order valence-corrected chi connectivity index (χ1v) is 7.35. The highest BCUT2D eigenvalue weighted by Gasteiger charge is 2.21. The smallest absolute Gasteiger partial charge is 0.160 e. The zero-order chi connectivity index (χ0) is 14.5. The van der Waals surface area contributed by atoms with Gasteiger partial charge in [0, 0.05) is 12.6 Å². The van der Waals surface area contributed by atoms with Crippen molar-refractivity contribution in [3.63, 3.8) is 0 Å². The van der Waals surface area contributed by atoms with Crippen LogP contribution in [0.2, 0.25) is 0 Å². The maximum absolute atomic E-state index is 6.38. The third-order valence-electron chi connectivity index (χ3n) is 4.24. The molecule has 1 fully saturated rings. The Kier molecular flexibility index (Phi) is 5.26. The maximum Gasteiger partial charge on any atom is 0.160 e. The number of likely N-dealkylation sites (tertiary alicyclic amines) is 1. The van der Waals surface area contributed by atoms with E-state index in [9.17, 15) is 0 Å². The van der Waals surface area contributed by atoms with Gasteiger partial charge in [0.15, 0.2) is 11.5 Å². The Hall–Kier alpha value is -1.26. The second-order valence-corrected chi connectivity index (χ2v) is 5.57. The fourth-order valence-electron chi connectivity index (χ4n) is 2.80. The molecule has 2 unspecified atom stereocenters. The van der Waals surface area contributed by atoms with Crippen molar-refractivity contribution in [2.24, 2.45) is 5.73 Å². The Morgan fingerprint density at radius 1 is 1.15 bits per heavy atom. The van der Waals surface area contributed by atoms with Gasteiger partial charge in [-0.2, -0.15) is 0 Å². The second kappa shape index (κ2) is 6.95. The molecule has 20 heavy (non-hydrogen) atoms. The first-order chi connectivity index (χ1) is 9.65. The normalized spacial score (nSPS) is 18.8. The van der Waals surface area contributed by atoms with E-state index in [0.717, 1.165) is 18.0 Å². The molecular weight excluding hydrogens is 252 g/mol. The third-order valence-corrected chi connectivity index (χ3v) is 4.24. The van der Waals surface area contributed by atoms with Gasteiger partial charge in [0.25, 0.3) is 0 Å². The topological polar surface area (TPSA) is 47.7 Å². The summed E-state index contributed by atoms with van der Waals surface area (Å²) in [6, 6.07) is 6.21. The minimum absolute atomic E-state index is 0.145. The molecule has 0 aromatic heterocycles. The van der Waals surface area contributed by atoms with Crippen LogP contribution in [0.1, 0.15) is 31.2 Å². The summed E-state index contributed by atoms with van der Waals surface area (Å²) in [5.74, 6) is 1.83. The van der Waals surface area contributed by atoms with Gasteiger partial charge in [-0.3, -0.25) is 0 Å². The average molecular weight is 278 g/mol. The van der Waals surface area contributed by atoms with Gasteiger partial charge >= 0.3 is 0 Å². The quantitative estimate of drug-likeness (QED) is 0.867. The molecule has 4 nitrogen and oxygen atoms in total. The molecule has 0 radical (unpaired) electrons. The molecule has 1 aromatic carbocycles. The minimum atomic E-state index is 0.145. The SMILES string of the molecule is COc1ccc(C(C)C(N)CN2CCCC2)cc1OC. The van der Waals surface area contributed by atoms with Crippen molar-refractivity contribution < 1.29 is 9.47 Å². The van der Waals surface area contributed by atoms with Crippen LogP contribution in [0.25, 0.3) is 0 Å². The van der Waals surface area contributed by atoms with Crippen molar-refractivity contribution in [1.29, 1.82) is 0 Å². The van der Waals surface area contributed by atoms with Crippen molar-refractivity contribution in [3.05, 3.63) is 23.8 Å². The predicted molar refractivity (Wildman–Crippen MR) is 81.6 cm³/mol. The number of nitrogens with two attached hydrogens (primary N) is 1. The van der Waals surface area contributed by atoms with Crippen molar-refractivity contribution in [3.8, 4) is 11.5 Å². The number of nitrogens with zero attached hydrogens (tertiary/aromatic N) is 1. The molecule has 112 valence electrons. The standard InChI is InChI=1S/C16H26N2O2/c1-12(14(17)11-18-8-4-5-9-18)13-6-7-15(19-2)16(10-13)20-3/h6-7,10,12,14H,4-5,8-9,11,17H2,1-3H3. The highest BCUT2D eigenvalue weighted by Crippen LogP contribution is 2.31. The summed E-state index contributed by atoms with van der Waals surface area (Å²) >= 11 is 0. The highest BCUT2D eigenvalue weighted by molar-refractivity contribution is 5.44. The molecule has 2 atom stereocenters. The van der Waals surface area contributed by atoms with E-state index in [-0.39, 0.29) is 6.04 Å². The highest BCUT2D eigenvalue weighted by atomic mass is 16.5. The van der Waals surface area contributed by atoms with Crippen LogP contribution < -0.4 is 15.2 Å². The number of rotatable bonds is 6. The number of benzene rings is 1. The van der Waals surface area contributed by atoms with Gasteiger partial charge in [0.2, 0.25) is 0 Å². The molecule has 0 aliphatic carbocycles. The van der Waals surface area contributed by atoms with Crippen LogP contribution in [0, 0.1) is 0 Å². The van der Waals surface area contributed by atoms with Crippen LogP contribution in [0.15, 0.2) is 18.2 Å². The van der Waals surface area contributed by atoms with E-state index in [1.54, 1.807) is 14.2 Å². The molecule has 0 saturated carbocycles. The van der Waals surface area contributed by atoms with Crippen molar-refractivity contribution in [2.45, 2.75) is 31.7 Å². The lowest BCUT2D eigenvalue weighted by Gasteiger charge is -2.26. The van der Waals surface area contributed by atoms with Crippen LogP contribution >= 0.6 is 0 Å². The fraction of sp³-hybridized carbons (Fsp3) is 0.625. The number of ether oxygens (including phenoxy) is 2. The summed E-state index contributed by atoms with van der Waals surface area (Å²) in [7, 11) is 3.32. The molecule has 2 N–H and O–H groups in total. The zero-order valence-electron chi connectivity index (χ0n) is 12.8. The summed E-state index contributed by atoms with van der Waals surface area (Å²) in [4.78, 5) is 2.46. The molecule has 4 heteroatoms. The molecule has 1 aromatic rings. The van der Waals surface area contributed by atoms with Crippen molar-refractivity contribution >= 4 is 0 Å². The van der Waals surface area contributed by atoms with Gasteiger partial charge in [-0.25, -0.2) is 0 Å². The Balaban J connectivity index is 2.05. The summed E-state index contributed by atoms with van der Waals surface area (Å²) in [5.41, 5.74) is 7.58. The van der Waals surface area contributed by atoms with Gasteiger partial charge in [-0.15, -0.1) is 0 Å². The van der Waals surface area contributed by atoms with Gasteiger partial charge in [0.05, 0.1) is 14.2 Å². The Labute approximate surface area is 121 Å². The molecule has 0 bridgehead atoms. The lowest BCUT2D eigenvalue weighted by molar-refractivity contribution is 0.299. The molecule has 1 heterocycles. The summed E-state index contributed by atoms with van der Waals surface area (Å²) < 4.78 is 10.6. The van der Waals surface area contributed by atoms with E-state index in [2.05, 4.69) is 17.9 Å². The van der Waals surface area contributed by atoms with Crippen LogP contribution in [0.5, 0.6) is 11.5 Å². The van der Waals surface area contributed by atoms with Gasteiger partial charge < -0.3 is 20.1 Å². The first kappa shape index (κ1) is 15.1. The maximum atomic E-state index is 6.38. The molecule has 1 aliphatic heterocycles. The molecule has 0 spiro atoms.